The van der Waals surface area contributed by atoms with Crippen molar-refractivity contribution in [2.24, 2.45) is 5.73 Å². The monoisotopic (exact) mass is 302 g/mol. The highest BCUT2D eigenvalue weighted by molar-refractivity contribution is 5.79. The SMILES string of the molecule is NCC1CCCN1C(=O)Cn1c(=O)[nH]c2ccccc2c1=O. The molecule has 1 amide bonds. The molecule has 7 heteroatoms. The number of rotatable bonds is 3. The molecule has 1 unspecified atom stereocenters. The molecule has 1 aliphatic rings. The zero-order valence-electron chi connectivity index (χ0n) is 12.1. The lowest BCUT2D eigenvalue weighted by molar-refractivity contribution is -0.132. The van der Waals surface area contributed by atoms with Gasteiger partial charge in [0.25, 0.3) is 5.56 Å². The van der Waals surface area contributed by atoms with E-state index in [-0.39, 0.29) is 18.5 Å². The molecule has 22 heavy (non-hydrogen) atoms. The number of carbonyl (C=O) groups excluding carboxylic acids is 1. The van der Waals surface area contributed by atoms with Gasteiger partial charge in [0.15, 0.2) is 0 Å². The Morgan fingerprint density at radius 3 is 2.86 bits per heavy atom. The fourth-order valence-corrected chi connectivity index (χ4v) is 2.98. The van der Waals surface area contributed by atoms with Gasteiger partial charge in [0.1, 0.15) is 6.54 Å². The maximum atomic E-state index is 12.4. The first-order valence-corrected chi connectivity index (χ1v) is 7.33. The van der Waals surface area contributed by atoms with Crippen molar-refractivity contribution in [3.05, 3.63) is 45.1 Å². The van der Waals surface area contributed by atoms with Gasteiger partial charge >= 0.3 is 5.69 Å². The van der Waals surface area contributed by atoms with Gasteiger partial charge in [-0.2, -0.15) is 0 Å². The fraction of sp³-hybridized carbons (Fsp3) is 0.400. The number of aromatic nitrogens is 2. The average molecular weight is 302 g/mol. The van der Waals surface area contributed by atoms with Gasteiger partial charge in [-0.05, 0) is 25.0 Å². The number of fused-ring (bicyclic) bond motifs is 1. The Labute approximate surface area is 126 Å². The molecule has 1 aromatic heterocycles. The summed E-state index contributed by atoms with van der Waals surface area (Å²) in [6, 6.07) is 6.76. The number of para-hydroxylation sites is 1. The van der Waals surface area contributed by atoms with Crippen LogP contribution in [0.1, 0.15) is 12.8 Å². The molecule has 1 fully saturated rings. The number of hydrogen-bond acceptors (Lipinski definition) is 4. The highest BCUT2D eigenvalue weighted by Gasteiger charge is 2.28. The standard InChI is InChI=1S/C15H18N4O3/c16-8-10-4-3-7-18(10)13(20)9-19-14(21)11-5-1-2-6-12(11)17-15(19)22/h1-2,5-6,10H,3-4,7-9,16H2,(H,17,22). The van der Waals surface area contributed by atoms with Crippen LogP contribution in [0.4, 0.5) is 0 Å². The molecular formula is C15H18N4O3. The lowest BCUT2D eigenvalue weighted by atomic mass is 10.2. The van der Waals surface area contributed by atoms with Crippen molar-refractivity contribution >= 4 is 16.8 Å². The zero-order valence-corrected chi connectivity index (χ0v) is 12.1. The Morgan fingerprint density at radius 2 is 2.09 bits per heavy atom. The van der Waals surface area contributed by atoms with E-state index in [2.05, 4.69) is 4.98 Å². The van der Waals surface area contributed by atoms with E-state index < -0.39 is 11.2 Å². The van der Waals surface area contributed by atoms with Crippen LogP contribution >= 0.6 is 0 Å². The number of benzene rings is 1. The van der Waals surface area contributed by atoms with Crippen LogP contribution in [0.2, 0.25) is 0 Å². The summed E-state index contributed by atoms with van der Waals surface area (Å²) < 4.78 is 0.955. The second-order valence-electron chi connectivity index (χ2n) is 5.49. The van der Waals surface area contributed by atoms with Crippen molar-refractivity contribution < 1.29 is 4.79 Å². The quantitative estimate of drug-likeness (QED) is 0.808. The summed E-state index contributed by atoms with van der Waals surface area (Å²) in [7, 11) is 0. The predicted molar refractivity (Wildman–Crippen MR) is 82.6 cm³/mol. The van der Waals surface area contributed by atoms with Gasteiger partial charge in [-0.25, -0.2) is 4.79 Å². The van der Waals surface area contributed by atoms with Gasteiger partial charge < -0.3 is 15.6 Å². The minimum Gasteiger partial charge on any atom is -0.337 e. The molecule has 1 aliphatic heterocycles. The minimum absolute atomic E-state index is 0.00254. The molecular weight excluding hydrogens is 284 g/mol. The molecule has 1 aromatic carbocycles. The van der Waals surface area contributed by atoms with Crippen molar-refractivity contribution in [3.63, 3.8) is 0 Å². The number of H-pyrrole nitrogens is 1. The summed E-state index contributed by atoms with van der Waals surface area (Å²) in [5.74, 6) is -0.240. The van der Waals surface area contributed by atoms with Gasteiger partial charge in [0, 0.05) is 19.1 Å². The van der Waals surface area contributed by atoms with E-state index in [0.29, 0.717) is 24.0 Å². The molecule has 0 aliphatic carbocycles. The molecule has 1 atom stereocenters. The van der Waals surface area contributed by atoms with Crippen LogP contribution in [0.5, 0.6) is 0 Å². The fourth-order valence-electron chi connectivity index (χ4n) is 2.98. The summed E-state index contributed by atoms with van der Waals surface area (Å²) >= 11 is 0. The largest absolute Gasteiger partial charge is 0.337 e. The zero-order chi connectivity index (χ0) is 15.7. The summed E-state index contributed by atoms with van der Waals surface area (Å²) in [5, 5.41) is 0.395. The Bertz CT molecular complexity index is 823. The Morgan fingerprint density at radius 1 is 1.32 bits per heavy atom. The van der Waals surface area contributed by atoms with Crippen LogP contribution in [-0.2, 0) is 11.3 Å². The van der Waals surface area contributed by atoms with Crippen LogP contribution in [0.25, 0.3) is 10.9 Å². The highest BCUT2D eigenvalue weighted by Crippen LogP contribution is 2.16. The van der Waals surface area contributed by atoms with E-state index in [1.165, 1.54) is 0 Å². The number of nitrogens with two attached hydrogens (primary N) is 1. The molecule has 7 nitrogen and oxygen atoms in total. The number of likely N-dealkylation sites (tertiary alicyclic amines) is 1. The summed E-state index contributed by atoms with van der Waals surface area (Å²) in [4.78, 5) is 41.1. The molecule has 0 bridgehead atoms. The van der Waals surface area contributed by atoms with E-state index in [4.69, 9.17) is 5.73 Å². The smallest absolute Gasteiger partial charge is 0.329 e. The number of amides is 1. The lowest BCUT2D eigenvalue weighted by Crippen LogP contribution is -2.45. The minimum atomic E-state index is -0.569. The number of nitrogens with zero attached hydrogens (tertiary/aromatic N) is 2. The van der Waals surface area contributed by atoms with Crippen LogP contribution in [-0.4, -0.2) is 39.5 Å². The summed E-state index contributed by atoms with van der Waals surface area (Å²) in [5.41, 5.74) is 5.12. The molecule has 1 saturated heterocycles. The molecule has 3 rings (SSSR count). The van der Waals surface area contributed by atoms with Crippen LogP contribution < -0.4 is 17.0 Å². The molecule has 0 spiro atoms. The Balaban J connectivity index is 1.96. The van der Waals surface area contributed by atoms with Gasteiger partial charge in [0.05, 0.1) is 10.9 Å². The third-order valence-electron chi connectivity index (χ3n) is 4.15. The number of nitrogens with one attached hydrogen (secondary N) is 1. The maximum absolute atomic E-state index is 12.4. The topological polar surface area (TPSA) is 101 Å². The summed E-state index contributed by atoms with van der Waals surface area (Å²) in [6.07, 6.45) is 1.77. The van der Waals surface area contributed by atoms with Gasteiger partial charge in [-0.3, -0.25) is 14.2 Å². The van der Waals surface area contributed by atoms with E-state index in [9.17, 15) is 14.4 Å². The van der Waals surface area contributed by atoms with Crippen molar-refractivity contribution in [1.29, 1.82) is 0 Å². The normalized spacial score (nSPS) is 18.0. The van der Waals surface area contributed by atoms with Crippen LogP contribution in [0, 0.1) is 0 Å². The molecule has 2 aromatic rings. The van der Waals surface area contributed by atoms with Gasteiger partial charge in [0.2, 0.25) is 5.91 Å². The molecule has 3 N–H and O–H groups in total. The predicted octanol–water partition coefficient (Wildman–Crippen LogP) is -0.361. The van der Waals surface area contributed by atoms with E-state index in [1.807, 2.05) is 0 Å². The Kier molecular flexibility index (Phi) is 3.81. The second kappa shape index (κ2) is 5.76. The van der Waals surface area contributed by atoms with Gasteiger partial charge in [-0.1, -0.05) is 12.1 Å². The van der Waals surface area contributed by atoms with Crippen LogP contribution in [0.3, 0.4) is 0 Å². The van der Waals surface area contributed by atoms with E-state index in [0.717, 1.165) is 17.4 Å². The van der Waals surface area contributed by atoms with Crippen molar-refractivity contribution in [2.45, 2.75) is 25.4 Å². The number of carbonyl (C=O) groups is 1. The first-order valence-electron chi connectivity index (χ1n) is 7.33. The number of hydrogen-bond donors (Lipinski definition) is 2. The average Bonchev–Trinajstić information content (AvgIpc) is 3.00. The molecule has 0 saturated carbocycles. The van der Waals surface area contributed by atoms with Crippen molar-refractivity contribution in [2.75, 3.05) is 13.1 Å². The van der Waals surface area contributed by atoms with Crippen LogP contribution in [0.15, 0.2) is 33.9 Å². The summed E-state index contributed by atoms with van der Waals surface area (Å²) in [6.45, 7) is 0.769. The maximum Gasteiger partial charge on any atom is 0.329 e. The van der Waals surface area contributed by atoms with E-state index >= 15 is 0 Å². The third kappa shape index (κ3) is 2.43. The van der Waals surface area contributed by atoms with Crippen molar-refractivity contribution in [1.82, 2.24) is 14.5 Å². The van der Waals surface area contributed by atoms with Gasteiger partial charge in [-0.15, -0.1) is 0 Å². The van der Waals surface area contributed by atoms with Crippen molar-refractivity contribution in [3.8, 4) is 0 Å². The first-order chi connectivity index (χ1) is 10.6. The van der Waals surface area contributed by atoms with E-state index in [1.54, 1.807) is 29.2 Å². The molecule has 0 radical (unpaired) electrons. The first kappa shape index (κ1) is 14.5. The molecule has 2 heterocycles. The Hall–Kier alpha value is -2.41. The lowest BCUT2D eigenvalue weighted by Gasteiger charge is -2.23. The highest BCUT2D eigenvalue weighted by atomic mass is 16.2. The third-order valence-corrected chi connectivity index (χ3v) is 4.15. The number of aromatic amines is 1. The molecule has 116 valence electrons. The second-order valence-corrected chi connectivity index (χ2v) is 5.49.